The Labute approximate surface area is 102 Å². The van der Waals surface area contributed by atoms with Gasteiger partial charge in [-0.2, -0.15) is 0 Å². The minimum absolute atomic E-state index is 0.147. The van der Waals surface area contributed by atoms with E-state index in [1.165, 1.54) is 0 Å². The van der Waals surface area contributed by atoms with Crippen molar-refractivity contribution in [3.8, 4) is 0 Å². The van der Waals surface area contributed by atoms with Crippen molar-refractivity contribution in [2.45, 2.75) is 43.5 Å². The highest BCUT2D eigenvalue weighted by atomic mass is 79.9. The normalized spacial score (nSPS) is 35.2. The van der Waals surface area contributed by atoms with Crippen LogP contribution in [0.3, 0.4) is 0 Å². The molecule has 82 valence electrons. The lowest BCUT2D eigenvalue weighted by atomic mass is 10.1. The maximum absolute atomic E-state index is 11.9. The number of hydrogen-bond donors (Lipinski definition) is 0. The third-order valence-corrected chi connectivity index (χ3v) is 5.86. The Morgan fingerprint density at radius 3 is 1.93 bits per heavy atom. The fraction of sp³-hybridized carbons (Fsp3) is 0.900. The van der Waals surface area contributed by atoms with E-state index >= 15 is 0 Å². The molecule has 0 bridgehead atoms. The second kappa shape index (κ2) is 3.21. The molecule has 4 heteroatoms. The van der Waals surface area contributed by atoms with Crippen LogP contribution >= 0.6 is 31.9 Å². The molecule has 0 aliphatic heterocycles. The Kier molecular flexibility index (Phi) is 2.86. The fourth-order valence-electron chi connectivity index (χ4n) is 1.43. The van der Waals surface area contributed by atoms with E-state index < -0.39 is 11.0 Å². The zero-order chi connectivity index (χ0) is 11.4. The maximum atomic E-state index is 11.9. The predicted octanol–water partition coefficient (Wildman–Crippen LogP) is 3.47. The number of carbonyl (C=O) groups is 1. The number of hydrogen-bond acceptors (Lipinski definition) is 2. The van der Waals surface area contributed by atoms with Gasteiger partial charge in [-0.05, 0) is 27.7 Å². The zero-order valence-corrected chi connectivity index (χ0v) is 12.3. The number of halogens is 2. The number of carbonyl (C=O) groups excluding carboxylic acids is 1. The summed E-state index contributed by atoms with van der Waals surface area (Å²) in [6.07, 6.45) is 0. The van der Waals surface area contributed by atoms with Crippen molar-refractivity contribution in [1.29, 1.82) is 0 Å². The van der Waals surface area contributed by atoms with E-state index in [-0.39, 0.29) is 15.1 Å². The topological polar surface area (TPSA) is 26.3 Å². The molecule has 0 spiro atoms. The Hall–Kier alpha value is 0.430. The molecular weight excluding hydrogens is 312 g/mol. The van der Waals surface area contributed by atoms with Crippen LogP contribution in [-0.4, -0.2) is 14.8 Å². The van der Waals surface area contributed by atoms with E-state index in [0.29, 0.717) is 0 Å². The summed E-state index contributed by atoms with van der Waals surface area (Å²) in [7, 11) is 0. The average Bonchev–Trinajstić information content (AvgIpc) is 2.32. The van der Waals surface area contributed by atoms with Gasteiger partial charge in [0.15, 0.2) is 0 Å². The third kappa shape index (κ3) is 1.75. The molecule has 1 fully saturated rings. The molecule has 2 nitrogen and oxygen atoms in total. The lowest BCUT2D eigenvalue weighted by Crippen LogP contribution is -2.30. The van der Waals surface area contributed by atoms with Gasteiger partial charge in [0.1, 0.15) is 8.83 Å². The van der Waals surface area contributed by atoms with Gasteiger partial charge in [0.05, 0.1) is 5.41 Å². The van der Waals surface area contributed by atoms with Crippen molar-refractivity contribution in [2.75, 3.05) is 0 Å². The molecule has 0 aromatic rings. The monoisotopic (exact) mass is 326 g/mol. The molecule has 0 aromatic heterocycles. The molecule has 14 heavy (non-hydrogen) atoms. The Morgan fingerprint density at radius 2 is 1.71 bits per heavy atom. The van der Waals surface area contributed by atoms with Crippen LogP contribution in [0.15, 0.2) is 0 Å². The van der Waals surface area contributed by atoms with E-state index in [1.54, 1.807) is 0 Å². The minimum Gasteiger partial charge on any atom is -0.459 e. The molecular formula is C10H16Br2O2. The van der Waals surface area contributed by atoms with Crippen LogP contribution in [0.2, 0.25) is 0 Å². The molecule has 0 N–H and O–H groups in total. The standard InChI is InChI=1S/C10H16Br2O2/c1-6-9(5,10(6,11)12)7(13)14-8(2,3)4/h6H,1-5H3/t6-,9+/m0/s1. The van der Waals surface area contributed by atoms with E-state index in [2.05, 4.69) is 31.9 Å². The Balaban J connectivity index is 2.74. The van der Waals surface area contributed by atoms with Crippen LogP contribution in [0.1, 0.15) is 34.6 Å². The van der Waals surface area contributed by atoms with Crippen molar-refractivity contribution >= 4 is 37.8 Å². The summed E-state index contributed by atoms with van der Waals surface area (Å²) in [6, 6.07) is 0. The zero-order valence-electron chi connectivity index (χ0n) is 9.15. The summed E-state index contributed by atoms with van der Waals surface area (Å²) in [5.41, 5.74) is -0.876. The summed E-state index contributed by atoms with van der Waals surface area (Å²) in [5, 5.41) is 0. The Bertz CT molecular complexity index is 268. The summed E-state index contributed by atoms with van der Waals surface area (Å²) in [6.45, 7) is 9.57. The number of esters is 1. The second-order valence-electron chi connectivity index (χ2n) is 5.05. The van der Waals surface area contributed by atoms with Gasteiger partial charge in [0.2, 0.25) is 0 Å². The lowest BCUT2D eigenvalue weighted by molar-refractivity contribution is -0.161. The van der Waals surface area contributed by atoms with Gasteiger partial charge in [0.25, 0.3) is 0 Å². The molecule has 0 aromatic carbocycles. The Morgan fingerprint density at radius 1 is 1.36 bits per heavy atom. The first-order valence-electron chi connectivity index (χ1n) is 4.65. The summed E-state index contributed by atoms with van der Waals surface area (Å²) < 4.78 is 5.08. The maximum Gasteiger partial charge on any atom is 0.314 e. The van der Waals surface area contributed by atoms with Crippen LogP contribution in [0.5, 0.6) is 0 Å². The van der Waals surface area contributed by atoms with Gasteiger partial charge in [0, 0.05) is 5.92 Å². The third-order valence-electron chi connectivity index (χ3n) is 2.84. The van der Waals surface area contributed by atoms with E-state index in [4.69, 9.17) is 4.74 Å². The fourth-order valence-corrected chi connectivity index (χ4v) is 3.13. The molecule has 1 rings (SSSR count). The molecule has 0 saturated heterocycles. The van der Waals surface area contributed by atoms with Crippen molar-refractivity contribution in [3.63, 3.8) is 0 Å². The van der Waals surface area contributed by atoms with E-state index in [1.807, 2.05) is 34.6 Å². The van der Waals surface area contributed by atoms with Crippen LogP contribution in [0, 0.1) is 11.3 Å². The van der Waals surface area contributed by atoms with Crippen molar-refractivity contribution in [1.82, 2.24) is 0 Å². The first kappa shape index (κ1) is 12.5. The molecule has 0 heterocycles. The van der Waals surface area contributed by atoms with E-state index in [0.717, 1.165) is 0 Å². The first-order chi connectivity index (χ1) is 6.03. The SMILES string of the molecule is C[C@@H]1C(Br)(Br)[C@@]1(C)C(=O)OC(C)(C)C. The van der Waals surface area contributed by atoms with Gasteiger partial charge < -0.3 is 4.74 Å². The second-order valence-corrected chi connectivity index (χ2v) is 8.61. The van der Waals surface area contributed by atoms with Gasteiger partial charge in [-0.25, -0.2) is 0 Å². The quantitative estimate of drug-likeness (QED) is 0.544. The molecule has 1 saturated carbocycles. The number of rotatable bonds is 1. The van der Waals surface area contributed by atoms with Crippen molar-refractivity contribution in [3.05, 3.63) is 0 Å². The van der Waals surface area contributed by atoms with Gasteiger partial charge in [-0.15, -0.1) is 0 Å². The van der Waals surface area contributed by atoms with E-state index in [9.17, 15) is 4.79 Å². The van der Waals surface area contributed by atoms with Gasteiger partial charge in [-0.1, -0.05) is 38.8 Å². The minimum atomic E-state index is -0.458. The molecule has 0 unspecified atom stereocenters. The van der Waals surface area contributed by atoms with Crippen molar-refractivity contribution < 1.29 is 9.53 Å². The smallest absolute Gasteiger partial charge is 0.314 e. The molecule has 0 radical (unpaired) electrons. The van der Waals surface area contributed by atoms with Gasteiger partial charge in [-0.3, -0.25) is 4.79 Å². The highest BCUT2D eigenvalue weighted by Crippen LogP contribution is 2.71. The van der Waals surface area contributed by atoms with Crippen molar-refractivity contribution in [2.24, 2.45) is 11.3 Å². The largest absolute Gasteiger partial charge is 0.459 e. The average molecular weight is 328 g/mol. The molecule has 1 aliphatic carbocycles. The number of alkyl halides is 2. The molecule has 0 amide bonds. The molecule has 2 atom stereocenters. The number of ether oxygens (including phenoxy) is 1. The van der Waals surface area contributed by atoms with Crippen LogP contribution in [-0.2, 0) is 9.53 Å². The summed E-state index contributed by atoms with van der Waals surface area (Å²) in [5.74, 6) is 0.0936. The van der Waals surface area contributed by atoms with Crippen LogP contribution in [0.25, 0.3) is 0 Å². The van der Waals surface area contributed by atoms with Crippen LogP contribution in [0.4, 0.5) is 0 Å². The first-order valence-corrected chi connectivity index (χ1v) is 6.23. The predicted molar refractivity (Wildman–Crippen MR) is 63.7 cm³/mol. The van der Waals surface area contributed by atoms with Crippen LogP contribution < -0.4 is 0 Å². The lowest BCUT2D eigenvalue weighted by Gasteiger charge is -2.23. The highest BCUT2D eigenvalue weighted by Gasteiger charge is 2.75. The summed E-state index contributed by atoms with van der Waals surface area (Å²) >= 11 is 7.00. The van der Waals surface area contributed by atoms with Gasteiger partial charge >= 0.3 is 5.97 Å². The highest BCUT2D eigenvalue weighted by molar-refractivity contribution is 9.25. The summed E-state index contributed by atoms with van der Waals surface area (Å²) in [4.78, 5) is 11.9. The molecule has 1 aliphatic rings.